The second-order valence-corrected chi connectivity index (χ2v) is 16.1. The third-order valence-corrected chi connectivity index (χ3v) is 11.6. The molecule has 4 atom stereocenters. The van der Waals surface area contributed by atoms with E-state index < -0.39 is 17.8 Å². The van der Waals surface area contributed by atoms with Crippen molar-refractivity contribution < 1.29 is 27.5 Å². The van der Waals surface area contributed by atoms with Crippen LogP contribution in [0.15, 0.2) is 24.3 Å². The third-order valence-electron chi connectivity index (χ3n) is 10.9. The molecule has 1 heterocycles. The van der Waals surface area contributed by atoms with E-state index in [9.17, 15) is 22.8 Å². The van der Waals surface area contributed by atoms with E-state index in [1.54, 1.807) is 6.26 Å². The molecular weight excluding hydrogens is 655 g/mol. The number of hydrogen-bond acceptors (Lipinski definition) is 5. The number of rotatable bonds is 11. The second kappa shape index (κ2) is 19.8. The van der Waals surface area contributed by atoms with E-state index in [1.807, 2.05) is 18.7 Å². The Morgan fingerprint density at radius 2 is 1.72 bits per heavy atom. The van der Waals surface area contributed by atoms with Gasteiger partial charge in [0.2, 0.25) is 5.82 Å². The Morgan fingerprint density at radius 1 is 1.10 bits per heavy atom. The summed E-state index contributed by atoms with van der Waals surface area (Å²) in [5.41, 5.74) is 1.76. The topological polar surface area (TPSA) is 49.9 Å². The number of aryl methyl sites for hydroxylation is 2. The lowest BCUT2D eigenvalue weighted by atomic mass is 9.65. The summed E-state index contributed by atoms with van der Waals surface area (Å²) in [6, 6.07) is 4.88. The zero-order valence-corrected chi connectivity index (χ0v) is 32.8. The average Bonchev–Trinajstić information content (AvgIpc) is 3.34. The highest BCUT2D eigenvalue weighted by Gasteiger charge is 2.48. The first-order valence-corrected chi connectivity index (χ1v) is 19.8. The molecule has 5 nitrogen and oxygen atoms in total. The van der Waals surface area contributed by atoms with Crippen LogP contribution in [0.2, 0.25) is 0 Å². The maximum Gasteiger partial charge on any atom is 0.415 e. The van der Waals surface area contributed by atoms with Crippen molar-refractivity contribution in [3.63, 3.8) is 0 Å². The molecule has 50 heavy (non-hydrogen) atoms. The number of nitrogens with zero attached hydrogens (tertiary/aromatic N) is 2. The zero-order valence-electron chi connectivity index (χ0n) is 32.0. The number of benzene rings is 1. The minimum Gasteiger partial charge on any atom is -0.410 e. The van der Waals surface area contributed by atoms with Crippen LogP contribution in [0.5, 0.6) is 5.75 Å². The van der Waals surface area contributed by atoms with Gasteiger partial charge in [-0.2, -0.15) is 11.8 Å². The smallest absolute Gasteiger partial charge is 0.410 e. The second-order valence-electron chi connectivity index (χ2n) is 15.1. The number of hydrogen-bond donors (Lipinski definition) is 0. The van der Waals surface area contributed by atoms with Gasteiger partial charge in [0.05, 0.1) is 0 Å². The SMILES string of the molecule is C=C(C)CC.CCCC1(C)C(=O)CCC1C1CCc2cc(OC(=O)N3CCC(N(C)C)CC3)c(C)cc2C1.[B]C(F)(F)C([B])(F)CCCSC. The van der Waals surface area contributed by atoms with E-state index in [4.69, 9.17) is 4.74 Å². The van der Waals surface area contributed by atoms with Gasteiger partial charge in [-0.1, -0.05) is 38.8 Å². The number of thioether (sulfide) groups is 1. The maximum atomic E-state index is 12.8. The van der Waals surface area contributed by atoms with E-state index in [-0.39, 0.29) is 11.5 Å². The van der Waals surface area contributed by atoms with Crippen LogP contribution >= 0.6 is 11.8 Å². The van der Waals surface area contributed by atoms with Gasteiger partial charge >= 0.3 is 6.09 Å². The highest BCUT2D eigenvalue weighted by molar-refractivity contribution is 7.98. The molecule has 3 aliphatic rings. The van der Waals surface area contributed by atoms with Crippen LogP contribution < -0.4 is 4.74 Å². The molecule has 11 heteroatoms. The lowest BCUT2D eigenvalue weighted by Gasteiger charge is -2.38. The fraction of sp³-hybridized carbons (Fsp3) is 0.744. The van der Waals surface area contributed by atoms with Gasteiger partial charge in [-0.05, 0) is 139 Å². The minimum absolute atomic E-state index is 0.137. The van der Waals surface area contributed by atoms with Gasteiger partial charge in [-0.3, -0.25) is 4.79 Å². The van der Waals surface area contributed by atoms with E-state index in [0.717, 1.165) is 82.9 Å². The molecule has 278 valence electrons. The number of piperidine rings is 1. The molecule has 2 aliphatic carbocycles. The number of ether oxygens (including phenoxy) is 1. The van der Waals surface area contributed by atoms with E-state index in [0.29, 0.717) is 41.6 Å². The van der Waals surface area contributed by atoms with E-state index in [1.165, 1.54) is 28.5 Å². The number of fused-ring (bicyclic) bond motifs is 1. The summed E-state index contributed by atoms with van der Waals surface area (Å²) in [5.74, 6) is -1.09. The van der Waals surface area contributed by atoms with Crippen molar-refractivity contribution in [2.75, 3.05) is 39.2 Å². The number of allylic oxidation sites excluding steroid dienone is 1. The molecule has 1 aromatic carbocycles. The van der Waals surface area contributed by atoms with Gasteiger partial charge < -0.3 is 14.5 Å². The Hall–Kier alpha value is -1.87. The number of Topliss-reactive ketones (excluding diaryl/α,β-unsaturated/α-hetero) is 1. The first-order chi connectivity index (χ1) is 23.3. The molecule has 4 rings (SSSR count). The maximum absolute atomic E-state index is 12.8. The van der Waals surface area contributed by atoms with Crippen LogP contribution in [0, 0.1) is 24.2 Å². The third kappa shape index (κ3) is 12.4. The molecule has 1 aliphatic heterocycles. The average molecular weight is 717 g/mol. The molecule has 0 bridgehead atoms. The van der Waals surface area contributed by atoms with Crippen LogP contribution in [0.4, 0.5) is 18.0 Å². The first kappa shape index (κ1) is 44.3. The Kier molecular flexibility index (Phi) is 17.6. The van der Waals surface area contributed by atoms with Crippen molar-refractivity contribution in [1.29, 1.82) is 0 Å². The molecule has 0 spiro atoms. The van der Waals surface area contributed by atoms with Gasteiger partial charge in [0.1, 0.15) is 24.9 Å². The summed E-state index contributed by atoms with van der Waals surface area (Å²) in [5, 5.41) is 0. The molecule has 0 aromatic heterocycles. The summed E-state index contributed by atoms with van der Waals surface area (Å²) >= 11 is 1.45. The van der Waals surface area contributed by atoms with Crippen molar-refractivity contribution in [3.8, 4) is 5.75 Å². The van der Waals surface area contributed by atoms with Crippen molar-refractivity contribution in [3.05, 3.63) is 41.0 Å². The van der Waals surface area contributed by atoms with Gasteiger partial charge in [-0.25, -0.2) is 18.0 Å². The molecule has 1 amide bonds. The molecule has 1 aromatic rings. The number of alkyl halides is 3. The Balaban J connectivity index is 0.000000424. The predicted molar refractivity (Wildman–Crippen MR) is 205 cm³/mol. The summed E-state index contributed by atoms with van der Waals surface area (Å²) in [6.45, 7) is 15.8. The van der Waals surface area contributed by atoms with E-state index in [2.05, 4.69) is 74.2 Å². The van der Waals surface area contributed by atoms with Crippen molar-refractivity contribution in [2.45, 2.75) is 129 Å². The summed E-state index contributed by atoms with van der Waals surface area (Å²) < 4.78 is 43.1. The normalized spacial score (nSPS) is 23.6. The fourth-order valence-electron chi connectivity index (χ4n) is 7.45. The van der Waals surface area contributed by atoms with Gasteiger partial charge in [0.15, 0.2) is 7.85 Å². The zero-order chi connectivity index (χ0) is 37.9. The van der Waals surface area contributed by atoms with Crippen LogP contribution in [0.25, 0.3) is 0 Å². The highest BCUT2D eigenvalue weighted by atomic mass is 32.2. The number of amides is 1. The van der Waals surface area contributed by atoms with Gasteiger partial charge in [0.25, 0.3) is 0 Å². The number of halogens is 3. The van der Waals surface area contributed by atoms with Crippen molar-refractivity contribution >= 4 is 39.3 Å². The predicted octanol–water partition coefficient (Wildman–Crippen LogP) is 9.11. The largest absolute Gasteiger partial charge is 0.415 e. The summed E-state index contributed by atoms with van der Waals surface area (Å²) in [4.78, 5) is 29.6. The lowest BCUT2D eigenvalue weighted by Crippen LogP contribution is -2.45. The standard InChI is InChI=1S/C28H42N2O3.C6H9B2F3S.C5H10/c1-6-13-28(3)24(9-10-26(28)31)21-8-7-20-18-25(19(2)16-22(20)17-21)33-27(32)30-14-11-23(12-15-30)29(4)5;1-12-4-2-3-5(7,9)6(8,10)11;1-4-5(2)3/h16,18,21,23-24H,6-15,17H2,1-5H3;2-4H2,1H3;2,4H2,1,3H3. The monoisotopic (exact) mass is 716 g/mol. The molecule has 1 saturated heterocycles. The highest BCUT2D eigenvalue weighted by Crippen LogP contribution is 2.50. The van der Waals surface area contributed by atoms with Crippen LogP contribution in [0.1, 0.15) is 109 Å². The Morgan fingerprint density at radius 3 is 2.24 bits per heavy atom. The number of carbonyl (C=O) groups excluding carboxylic acids is 2. The minimum atomic E-state index is -3.95. The quantitative estimate of drug-likeness (QED) is 0.130. The van der Waals surface area contributed by atoms with E-state index >= 15 is 0 Å². The Labute approximate surface area is 308 Å². The first-order valence-electron chi connectivity index (χ1n) is 18.4. The molecule has 2 fully saturated rings. The number of likely N-dealkylation sites (tertiary alicyclic amines) is 1. The Bertz CT molecular complexity index is 1270. The van der Waals surface area contributed by atoms with Crippen LogP contribution in [-0.2, 0) is 17.6 Å². The molecule has 4 unspecified atom stereocenters. The molecule has 4 radical (unpaired) electrons. The van der Waals surface area contributed by atoms with Crippen molar-refractivity contribution in [2.24, 2.45) is 17.3 Å². The molecule has 0 N–H and O–H groups in total. The summed E-state index contributed by atoms with van der Waals surface area (Å²) in [7, 11) is 13.2. The molecular formula is C39H61B2F3N2O3S. The van der Waals surface area contributed by atoms with Gasteiger partial charge in [-0.15, -0.1) is 6.58 Å². The number of carbonyl (C=O) groups is 2. The van der Waals surface area contributed by atoms with Crippen LogP contribution in [0.3, 0.4) is 0 Å². The van der Waals surface area contributed by atoms with Crippen molar-refractivity contribution in [1.82, 2.24) is 9.80 Å². The van der Waals surface area contributed by atoms with Gasteiger partial charge in [0, 0.05) is 31.0 Å². The van der Waals surface area contributed by atoms with Crippen LogP contribution in [-0.4, -0.2) is 94.0 Å². The fourth-order valence-corrected chi connectivity index (χ4v) is 7.89. The molecule has 1 saturated carbocycles. The summed E-state index contributed by atoms with van der Waals surface area (Å²) in [6.07, 6.45) is 11.6. The lowest BCUT2D eigenvalue weighted by molar-refractivity contribution is -0.127. The number of ketones is 1.